The standard InChI is InChI=1S/C51H31N3O2/c1-3-13-32(14-4-1)34-17-9-19-36(29-34)49-52-50(37-20-10-18-35(30-37)33-15-5-2-6-16-33)54-51(53-49)38-27-28-39-41-23-11-24-42(48(41)56-46(39)31-38)40-22-12-26-45-47(40)43-21-7-8-25-44(43)55-45/h1-31H. The first-order chi connectivity index (χ1) is 27.7. The maximum absolute atomic E-state index is 6.80. The smallest absolute Gasteiger partial charge is 0.164 e. The molecular formula is C51H31N3O2. The number of para-hydroxylation sites is 2. The molecular weight excluding hydrogens is 687 g/mol. The van der Waals surface area contributed by atoms with Crippen LogP contribution in [0.3, 0.4) is 0 Å². The first kappa shape index (κ1) is 31.9. The summed E-state index contributed by atoms with van der Waals surface area (Å²) in [6, 6.07) is 64.5. The molecule has 0 N–H and O–H groups in total. The van der Waals surface area contributed by atoms with Crippen molar-refractivity contribution in [1.82, 2.24) is 15.0 Å². The topological polar surface area (TPSA) is 65.0 Å². The minimum absolute atomic E-state index is 0.567. The van der Waals surface area contributed by atoms with E-state index in [2.05, 4.69) is 152 Å². The zero-order valence-electron chi connectivity index (χ0n) is 30.1. The van der Waals surface area contributed by atoms with Gasteiger partial charge in [0, 0.05) is 43.8 Å². The lowest BCUT2D eigenvalue weighted by Gasteiger charge is -2.10. The van der Waals surface area contributed by atoms with Crippen molar-refractivity contribution >= 4 is 43.9 Å². The zero-order chi connectivity index (χ0) is 37.0. The van der Waals surface area contributed by atoms with Crippen LogP contribution in [0.4, 0.5) is 0 Å². The molecule has 56 heavy (non-hydrogen) atoms. The summed E-state index contributed by atoms with van der Waals surface area (Å²) < 4.78 is 13.0. The molecule has 5 nitrogen and oxygen atoms in total. The summed E-state index contributed by atoms with van der Waals surface area (Å²) in [7, 11) is 0. The highest BCUT2D eigenvalue weighted by molar-refractivity contribution is 6.17. The number of aromatic nitrogens is 3. The van der Waals surface area contributed by atoms with Crippen molar-refractivity contribution < 1.29 is 8.83 Å². The fraction of sp³-hybridized carbons (Fsp3) is 0. The van der Waals surface area contributed by atoms with Gasteiger partial charge in [-0.15, -0.1) is 0 Å². The van der Waals surface area contributed by atoms with Crippen LogP contribution in [-0.4, -0.2) is 15.0 Å². The lowest BCUT2D eigenvalue weighted by molar-refractivity contribution is 0.668. The number of fused-ring (bicyclic) bond motifs is 6. The molecule has 0 saturated heterocycles. The van der Waals surface area contributed by atoms with Crippen LogP contribution < -0.4 is 0 Å². The Labute approximate surface area is 322 Å². The van der Waals surface area contributed by atoms with Crippen LogP contribution in [0.5, 0.6) is 0 Å². The summed E-state index contributed by atoms with van der Waals surface area (Å²) in [5.41, 5.74) is 12.5. The first-order valence-electron chi connectivity index (χ1n) is 18.7. The molecule has 0 saturated carbocycles. The number of rotatable bonds is 6. The summed E-state index contributed by atoms with van der Waals surface area (Å²) in [5.74, 6) is 1.76. The molecule has 0 aliphatic carbocycles. The van der Waals surface area contributed by atoms with E-state index in [-0.39, 0.29) is 0 Å². The van der Waals surface area contributed by atoms with Crippen molar-refractivity contribution in [2.24, 2.45) is 0 Å². The fourth-order valence-corrected chi connectivity index (χ4v) is 7.85. The maximum atomic E-state index is 6.80. The van der Waals surface area contributed by atoms with Crippen LogP contribution in [-0.2, 0) is 0 Å². The second kappa shape index (κ2) is 13.0. The highest BCUT2D eigenvalue weighted by Gasteiger charge is 2.19. The van der Waals surface area contributed by atoms with E-state index < -0.39 is 0 Å². The van der Waals surface area contributed by atoms with E-state index in [1.807, 2.05) is 36.4 Å². The second-order valence-corrected chi connectivity index (χ2v) is 14.0. The summed E-state index contributed by atoms with van der Waals surface area (Å²) >= 11 is 0. The van der Waals surface area contributed by atoms with Crippen molar-refractivity contribution in [3.8, 4) is 67.5 Å². The van der Waals surface area contributed by atoms with Gasteiger partial charge in [0.1, 0.15) is 22.3 Å². The third kappa shape index (κ3) is 5.45. The summed E-state index contributed by atoms with van der Waals surface area (Å²) in [6.45, 7) is 0. The zero-order valence-corrected chi connectivity index (χ0v) is 30.1. The van der Waals surface area contributed by atoms with Crippen molar-refractivity contribution in [2.45, 2.75) is 0 Å². The van der Waals surface area contributed by atoms with E-state index in [9.17, 15) is 0 Å². The average molecular weight is 718 g/mol. The molecule has 5 heteroatoms. The van der Waals surface area contributed by atoms with E-state index in [0.717, 1.165) is 93.9 Å². The minimum atomic E-state index is 0.567. The van der Waals surface area contributed by atoms with Crippen LogP contribution in [0.2, 0.25) is 0 Å². The fourth-order valence-electron chi connectivity index (χ4n) is 7.85. The maximum Gasteiger partial charge on any atom is 0.164 e. The molecule has 0 aliphatic rings. The highest BCUT2D eigenvalue weighted by Crippen LogP contribution is 2.42. The molecule has 8 aromatic carbocycles. The van der Waals surface area contributed by atoms with Gasteiger partial charge in [-0.2, -0.15) is 0 Å². The summed E-state index contributed by atoms with van der Waals surface area (Å²) in [5, 5.41) is 4.23. The summed E-state index contributed by atoms with van der Waals surface area (Å²) in [6.07, 6.45) is 0. The van der Waals surface area contributed by atoms with Gasteiger partial charge in [0.25, 0.3) is 0 Å². The highest BCUT2D eigenvalue weighted by atomic mass is 16.3. The Hall–Kier alpha value is -7.63. The van der Waals surface area contributed by atoms with Gasteiger partial charge in [-0.25, -0.2) is 15.0 Å². The van der Waals surface area contributed by atoms with E-state index >= 15 is 0 Å². The van der Waals surface area contributed by atoms with Crippen LogP contribution in [0.15, 0.2) is 197 Å². The predicted molar refractivity (Wildman–Crippen MR) is 227 cm³/mol. The number of nitrogens with zero attached hydrogens (tertiary/aromatic N) is 3. The molecule has 0 aliphatic heterocycles. The molecule has 262 valence electrons. The van der Waals surface area contributed by atoms with Crippen LogP contribution >= 0.6 is 0 Å². The van der Waals surface area contributed by atoms with Gasteiger partial charge in [-0.05, 0) is 64.2 Å². The van der Waals surface area contributed by atoms with Crippen LogP contribution in [0.25, 0.3) is 111 Å². The molecule has 0 spiro atoms. The largest absolute Gasteiger partial charge is 0.456 e. The third-order valence-corrected chi connectivity index (χ3v) is 10.5. The second-order valence-electron chi connectivity index (χ2n) is 14.0. The molecule has 0 atom stereocenters. The normalized spacial score (nSPS) is 11.6. The minimum Gasteiger partial charge on any atom is -0.456 e. The molecule has 3 aromatic heterocycles. The molecule has 0 radical (unpaired) electrons. The number of hydrogen-bond donors (Lipinski definition) is 0. The van der Waals surface area contributed by atoms with Gasteiger partial charge in [-0.3, -0.25) is 0 Å². The predicted octanol–water partition coefficient (Wildman–Crippen LogP) is 13.7. The lowest BCUT2D eigenvalue weighted by Crippen LogP contribution is -2.00. The Morgan fingerprint density at radius 2 is 0.786 bits per heavy atom. The van der Waals surface area contributed by atoms with E-state index in [1.54, 1.807) is 0 Å². The van der Waals surface area contributed by atoms with Gasteiger partial charge in [0.2, 0.25) is 0 Å². The van der Waals surface area contributed by atoms with Crippen LogP contribution in [0, 0.1) is 0 Å². The van der Waals surface area contributed by atoms with Crippen LogP contribution in [0.1, 0.15) is 0 Å². The Balaban J connectivity index is 1.07. The Bertz CT molecular complexity index is 3150. The number of furan rings is 2. The van der Waals surface area contributed by atoms with Gasteiger partial charge in [-0.1, -0.05) is 152 Å². The van der Waals surface area contributed by atoms with Crippen molar-refractivity contribution in [3.05, 3.63) is 188 Å². The van der Waals surface area contributed by atoms with E-state index in [0.29, 0.717) is 17.5 Å². The quantitative estimate of drug-likeness (QED) is 0.171. The molecule has 0 bridgehead atoms. The average Bonchev–Trinajstić information content (AvgIpc) is 3.85. The monoisotopic (exact) mass is 717 g/mol. The number of benzene rings is 8. The molecule has 3 heterocycles. The third-order valence-electron chi connectivity index (χ3n) is 10.5. The molecule has 11 aromatic rings. The van der Waals surface area contributed by atoms with Crippen molar-refractivity contribution in [2.75, 3.05) is 0 Å². The molecule has 0 fully saturated rings. The molecule has 0 unspecified atom stereocenters. The Morgan fingerprint density at radius 3 is 1.46 bits per heavy atom. The Morgan fingerprint density at radius 1 is 0.286 bits per heavy atom. The van der Waals surface area contributed by atoms with Gasteiger partial charge in [0.15, 0.2) is 17.5 Å². The first-order valence-corrected chi connectivity index (χ1v) is 18.7. The van der Waals surface area contributed by atoms with E-state index in [4.69, 9.17) is 23.8 Å². The van der Waals surface area contributed by atoms with Gasteiger partial charge >= 0.3 is 0 Å². The van der Waals surface area contributed by atoms with Crippen molar-refractivity contribution in [3.63, 3.8) is 0 Å². The van der Waals surface area contributed by atoms with E-state index in [1.165, 1.54) is 0 Å². The lowest BCUT2D eigenvalue weighted by atomic mass is 9.97. The number of hydrogen-bond acceptors (Lipinski definition) is 5. The van der Waals surface area contributed by atoms with Gasteiger partial charge < -0.3 is 8.83 Å². The Kier molecular flexibility index (Phi) is 7.42. The van der Waals surface area contributed by atoms with Gasteiger partial charge in [0.05, 0.1) is 0 Å². The SMILES string of the molecule is c1ccc(-c2cccc(-c3nc(-c4cccc(-c5ccccc5)c4)nc(-c4ccc5c(c4)oc4c(-c6cccc7oc8ccccc8c67)cccc45)n3)c2)cc1. The molecule has 11 rings (SSSR count). The van der Waals surface area contributed by atoms with Crippen molar-refractivity contribution in [1.29, 1.82) is 0 Å². The summed E-state index contributed by atoms with van der Waals surface area (Å²) in [4.78, 5) is 15.3. The molecule has 0 amide bonds.